The van der Waals surface area contributed by atoms with Crippen molar-refractivity contribution in [1.82, 2.24) is 15.2 Å². The molecular formula is C21H24ClN5O2S. The number of hydrogen-bond acceptors (Lipinski definition) is 6. The number of nitrogens with one attached hydrogen (secondary N) is 1. The van der Waals surface area contributed by atoms with E-state index in [1.54, 1.807) is 4.90 Å². The van der Waals surface area contributed by atoms with E-state index in [1.165, 1.54) is 11.3 Å². The van der Waals surface area contributed by atoms with E-state index in [1.807, 2.05) is 42.5 Å². The van der Waals surface area contributed by atoms with Crippen LogP contribution in [0.1, 0.15) is 5.56 Å². The van der Waals surface area contributed by atoms with E-state index in [-0.39, 0.29) is 6.03 Å². The molecule has 1 saturated heterocycles. The molecule has 2 aromatic carbocycles. The average Bonchev–Trinajstić information content (AvgIpc) is 3.13. The summed E-state index contributed by atoms with van der Waals surface area (Å²) < 4.78 is 6.39. The molecule has 1 aromatic heterocycles. The van der Waals surface area contributed by atoms with Gasteiger partial charge in [0.05, 0.1) is 23.4 Å². The third kappa shape index (κ3) is 5.20. The van der Waals surface area contributed by atoms with Crippen LogP contribution in [0.2, 0.25) is 5.02 Å². The highest BCUT2D eigenvalue weighted by Gasteiger charge is 2.19. The monoisotopic (exact) mass is 445 g/mol. The minimum absolute atomic E-state index is 0.143. The van der Waals surface area contributed by atoms with Crippen LogP contribution < -0.4 is 16.0 Å². The zero-order valence-electron chi connectivity index (χ0n) is 16.5. The van der Waals surface area contributed by atoms with Crippen molar-refractivity contribution in [1.29, 1.82) is 0 Å². The molecule has 158 valence electrons. The van der Waals surface area contributed by atoms with E-state index in [9.17, 15) is 4.79 Å². The molecule has 0 bridgehead atoms. The predicted octanol–water partition coefficient (Wildman–Crippen LogP) is 3.58. The van der Waals surface area contributed by atoms with Crippen LogP contribution >= 0.6 is 22.9 Å². The molecule has 3 N–H and O–H groups in total. The van der Waals surface area contributed by atoms with Crippen LogP contribution in [0.3, 0.4) is 0 Å². The zero-order valence-corrected chi connectivity index (χ0v) is 18.1. The van der Waals surface area contributed by atoms with E-state index in [0.717, 1.165) is 54.3 Å². The molecule has 0 aliphatic carbocycles. The molecular weight excluding hydrogens is 422 g/mol. The summed E-state index contributed by atoms with van der Waals surface area (Å²) in [4.78, 5) is 21.5. The van der Waals surface area contributed by atoms with Gasteiger partial charge in [0.1, 0.15) is 0 Å². The van der Waals surface area contributed by atoms with Crippen LogP contribution in [-0.4, -0.2) is 55.3 Å². The fourth-order valence-electron chi connectivity index (χ4n) is 3.39. The lowest BCUT2D eigenvalue weighted by Crippen LogP contribution is -2.46. The first kappa shape index (κ1) is 20.9. The maximum atomic E-state index is 13.1. The number of aromatic nitrogens is 1. The molecule has 2 amide bonds. The largest absolute Gasteiger partial charge is 0.379 e. The molecule has 30 heavy (non-hydrogen) atoms. The summed E-state index contributed by atoms with van der Waals surface area (Å²) in [6.45, 7) is 5.01. The molecule has 0 saturated carbocycles. The number of ether oxygens (including phenoxy) is 1. The Morgan fingerprint density at radius 3 is 2.77 bits per heavy atom. The average molecular weight is 446 g/mol. The van der Waals surface area contributed by atoms with Crippen molar-refractivity contribution in [2.75, 3.05) is 50.0 Å². The normalized spacial score (nSPS) is 14.7. The first-order valence-corrected chi connectivity index (χ1v) is 11.0. The van der Waals surface area contributed by atoms with Crippen LogP contribution in [0.25, 0.3) is 10.2 Å². The van der Waals surface area contributed by atoms with Gasteiger partial charge in [0, 0.05) is 43.4 Å². The SMILES string of the molecule is Nc1nc2ccc(N(CCN3CCOCC3)C(=O)NCc3ccc(Cl)cc3)cc2s1. The Hall–Kier alpha value is -2.39. The third-order valence-electron chi connectivity index (χ3n) is 5.05. The van der Waals surface area contributed by atoms with Gasteiger partial charge < -0.3 is 15.8 Å². The molecule has 0 spiro atoms. The van der Waals surface area contributed by atoms with E-state index < -0.39 is 0 Å². The van der Waals surface area contributed by atoms with Gasteiger partial charge in [0.2, 0.25) is 0 Å². The Labute approximate surface area is 184 Å². The van der Waals surface area contributed by atoms with Crippen molar-refractivity contribution in [3.63, 3.8) is 0 Å². The lowest BCUT2D eigenvalue weighted by molar-refractivity contribution is 0.0393. The number of nitrogen functional groups attached to an aromatic ring is 1. The number of amides is 2. The van der Waals surface area contributed by atoms with E-state index >= 15 is 0 Å². The van der Waals surface area contributed by atoms with Gasteiger partial charge in [-0.25, -0.2) is 9.78 Å². The summed E-state index contributed by atoms with van der Waals surface area (Å²) >= 11 is 7.37. The molecule has 1 fully saturated rings. The number of anilines is 2. The van der Waals surface area contributed by atoms with Crippen molar-refractivity contribution in [2.24, 2.45) is 0 Å². The molecule has 9 heteroatoms. The van der Waals surface area contributed by atoms with Gasteiger partial charge in [0.25, 0.3) is 0 Å². The molecule has 0 radical (unpaired) electrons. The van der Waals surface area contributed by atoms with Gasteiger partial charge in [-0.15, -0.1) is 0 Å². The first-order valence-electron chi connectivity index (χ1n) is 9.84. The van der Waals surface area contributed by atoms with Gasteiger partial charge in [-0.05, 0) is 35.9 Å². The van der Waals surface area contributed by atoms with E-state index in [4.69, 9.17) is 22.1 Å². The van der Waals surface area contributed by atoms with E-state index in [2.05, 4.69) is 15.2 Å². The Bertz CT molecular complexity index is 1000. The molecule has 0 atom stereocenters. The fraction of sp³-hybridized carbons (Fsp3) is 0.333. The quantitative estimate of drug-likeness (QED) is 0.605. The zero-order chi connectivity index (χ0) is 20.9. The highest BCUT2D eigenvalue weighted by molar-refractivity contribution is 7.22. The minimum atomic E-state index is -0.143. The lowest BCUT2D eigenvalue weighted by Gasteiger charge is -2.30. The number of nitrogens with two attached hydrogens (primary N) is 1. The van der Waals surface area contributed by atoms with Crippen molar-refractivity contribution in [3.8, 4) is 0 Å². The summed E-state index contributed by atoms with van der Waals surface area (Å²) in [6.07, 6.45) is 0. The van der Waals surface area contributed by atoms with Gasteiger partial charge in [-0.3, -0.25) is 9.80 Å². The van der Waals surface area contributed by atoms with E-state index in [0.29, 0.717) is 23.2 Å². The highest BCUT2D eigenvalue weighted by atomic mass is 35.5. The molecule has 3 aromatic rings. The van der Waals surface area contributed by atoms with Crippen molar-refractivity contribution in [2.45, 2.75) is 6.54 Å². The van der Waals surface area contributed by atoms with Crippen LogP contribution in [0.15, 0.2) is 42.5 Å². The molecule has 1 aliphatic heterocycles. The fourth-order valence-corrected chi connectivity index (χ4v) is 4.28. The number of benzene rings is 2. The molecule has 0 unspecified atom stereocenters. The van der Waals surface area contributed by atoms with Gasteiger partial charge >= 0.3 is 6.03 Å². The predicted molar refractivity (Wildman–Crippen MR) is 122 cm³/mol. The Balaban J connectivity index is 1.50. The minimum Gasteiger partial charge on any atom is -0.379 e. The number of carbonyl (C=O) groups excluding carboxylic acids is 1. The number of rotatable bonds is 6. The summed E-state index contributed by atoms with van der Waals surface area (Å²) in [5.41, 5.74) is 8.50. The van der Waals surface area contributed by atoms with Crippen molar-refractivity contribution >= 4 is 50.0 Å². The summed E-state index contributed by atoms with van der Waals surface area (Å²) in [5, 5.41) is 4.22. The standard InChI is InChI=1S/C21H24ClN5O2S/c22-16-3-1-15(2-4-16)14-24-21(28)27(8-7-26-9-11-29-12-10-26)17-5-6-18-19(13-17)30-20(23)25-18/h1-6,13H,7-12,14H2,(H2,23,25)(H,24,28). The molecule has 4 rings (SSSR count). The van der Waals surface area contributed by atoms with Crippen LogP contribution in [0, 0.1) is 0 Å². The number of fused-ring (bicyclic) bond motifs is 1. The van der Waals surface area contributed by atoms with Crippen molar-refractivity contribution in [3.05, 3.63) is 53.1 Å². The molecule has 7 nitrogen and oxygen atoms in total. The maximum Gasteiger partial charge on any atom is 0.322 e. The first-order chi connectivity index (χ1) is 14.6. The van der Waals surface area contributed by atoms with Gasteiger partial charge in [0.15, 0.2) is 5.13 Å². The number of hydrogen-bond donors (Lipinski definition) is 2. The number of carbonyl (C=O) groups is 1. The summed E-state index contributed by atoms with van der Waals surface area (Å²) in [5.74, 6) is 0. The van der Waals surface area contributed by atoms with Crippen molar-refractivity contribution < 1.29 is 9.53 Å². The number of halogens is 1. The number of nitrogens with zero attached hydrogens (tertiary/aromatic N) is 3. The second kappa shape index (κ2) is 9.61. The second-order valence-electron chi connectivity index (χ2n) is 7.09. The third-order valence-corrected chi connectivity index (χ3v) is 6.15. The second-order valence-corrected chi connectivity index (χ2v) is 8.59. The van der Waals surface area contributed by atoms with Crippen LogP contribution in [0.4, 0.5) is 15.6 Å². The van der Waals surface area contributed by atoms with Gasteiger partial charge in [-0.2, -0.15) is 0 Å². The summed E-state index contributed by atoms with van der Waals surface area (Å²) in [7, 11) is 0. The maximum absolute atomic E-state index is 13.1. The number of thiazole rings is 1. The van der Waals surface area contributed by atoms with Crippen LogP contribution in [-0.2, 0) is 11.3 Å². The molecule has 2 heterocycles. The Kier molecular flexibility index (Phi) is 6.69. The number of urea groups is 1. The lowest BCUT2D eigenvalue weighted by atomic mass is 10.2. The number of morpholine rings is 1. The Morgan fingerprint density at radius 1 is 1.23 bits per heavy atom. The topological polar surface area (TPSA) is 83.7 Å². The summed E-state index contributed by atoms with van der Waals surface area (Å²) in [6, 6.07) is 13.1. The molecule has 1 aliphatic rings. The smallest absolute Gasteiger partial charge is 0.322 e. The Morgan fingerprint density at radius 2 is 2.00 bits per heavy atom. The van der Waals surface area contributed by atoms with Gasteiger partial charge in [-0.1, -0.05) is 35.1 Å². The highest BCUT2D eigenvalue weighted by Crippen LogP contribution is 2.28. The van der Waals surface area contributed by atoms with Crippen LogP contribution in [0.5, 0.6) is 0 Å².